The van der Waals surface area contributed by atoms with Crippen LogP contribution in [0, 0.1) is 0 Å². The average Bonchev–Trinajstić information content (AvgIpc) is 2.86. The van der Waals surface area contributed by atoms with Crippen molar-refractivity contribution in [3.63, 3.8) is 0 Å². The average molecular weight is 597 g/mol. The van der Waals surface area contributed by atoms with Gasteiger partial charge in [0.1, 0.15) is 0 Å². The van der Waals surface area contributed by atoms with Crippen molar-refractivity contribution in [3.05, 3.63) is 106 Å². The molecule has 4 aromatic carbocycles. The van der Waals surface area contributed by atoms with Crippen LogP contribution in [0.4, 0.5) is 11.4 Å². The quantitative estimate of drug-likeness (QED) is 0.243. The maximum atomic E-state index is 6.92. The van der Waals surface area contributed by atoms with Crippen LogP contribution in [-0.4, -0.2) is 13.9 Å². The molecule has 4 aromatic rings. The first kappa shape index (κ1) is 20.5. The van der Waals surface area contributed by atoms with Crippen LogP contribution in [0.25, 0.3) is 0 Å². The van der Waals surface area contributed by atoms with Gasteiger partial charge in [0.2, 0.25) is 0 Å². The third-order valence-corrected chi connectivity index (χ3v) is 12.6. The number of rotatable bonds is 2. The maximum absolute atomic E-state index is 6.92. The second-order valence-electron chi connectivity index (χ2n) is 6.98. The fraction of sp³-hybridized carbons (Fsp3) is 0. The molecule has 0 N–H and O–H groups in total. The van der Waals surface area contributed by atoms with Crippen LogP contribution in [0.15, 0.2) is 116 Å². The van der Waals surface area contributed by atoms with Gasteiger partial charge in [-0.05, 0) is 0 Å². The number of nitrogens with zero attached hydrogens (tertiary/aromatic N) is 2. The Balaban J connectivity index is 1.84. The van der Waals surface area contributed by atoms with Crippen molar-refractivity contribution in [2.24, 2.45) is 10.2 Å². The Bertz CT molecular complexity index is 1170. The van der Waals surface area contributed by atoms with Crippen molar-refractivity contribution < 1.29 is 7.53 Å². The number of azo groups is 1. The van der Waals surface area contributed by atoms with E-state index in [2.05, 4.69) is 66.4 Å². The molecule has 5 rings (SSSR count). The van der Waals surface area contributed by atoms with Gasteiger partial charge in [-0.25, -0.2) is 0 Å². The number of halogens is 2. The molecule has 152 valence electrons. The third-order valence-electron chi connectivity index (χ3n) is 4.92. The van der Waals surface area contributed by atoms with Gasteiger partial charge in [0.15, 0.2) is 0 Å². The minimum atomic E-state index is -3.96. The van der Waals surface area contributed by atoms with Crippen molar-refractivity contribution in [1.82, 2.24) is 0 Å². The molecule has 4 nitrogen and oxygen atoms in total. The molecule has 31 heavy (non-hydrogen) atoms. The molecule has 0 saturated heterocycles. The Morgan fingerprint density at radius 2 is 0.968 bits per heavy atom. The summed E-state index contributed by atoms with van der Waals surface area (Å²) in [5, 5.41) is 8.97. The monoisotopic (exact) mass is 596 g/mol. The normalized spacial score (nSPS) is 14.1. The zero-order chi connectivity index (χ0) is 21.3. The van der Waals surface area contributed by atoms with Crippen molar-refractivity contribution in [2.75, 3.05) is 0 Å². The Kier molecular flexibility index (Phi) is 5.69. The van der Waals surface area contributed by atoms with Gasteiger partial charge in [0.05, 0.1) is 0 Å². The van der Waals surface area contributed by atoms with E-state index in [-0.39, 0.29) is 0 Å². The first-order valence-electron chi connectivity index (χ1n) is 9.64. The molecule has 1 heterocycles. The van der Waals surface area contributed by atoms with Crippen LogP contribution < -0.4 is 16.3 Å². The zero-order valence-electron chi connectivity index (χ0n) is 16.2. The molecule has 1 aliphatic heterocycles. The van der Waals surface area contributed by atoms with Gasteiger partial charge < -0.3 is 0 Å². The van der Waals surface area contributed by atoms with Gasteiger partial charge >= 0.3 is 201 Å². The second kappa shape index (κ2) is 8.61. The van der Waals surface area contributed by atoms with Crippen molar-refractivity contribution in [1.29, 1.82) is 0 Å². The van der Waals surface area contributed by atoms with E-state index in [9.17, 15) is 0 Å². The fourth-order valence-electron chi connectivity index (χ4n) is 3.46. The topological polar surface area (TPSA) is 43.2 Å². The zero-order valence-corrected chi connectivity index (χ0v) is 21.5. The first-order valence-corrected chi connectivity index (χ1v) is 15.0. The van der Waals surface area contributed by atoms with E-state index in [4.69, 9.17) is 7.53 Å². The molecule has 0 amide bonds. The predicted octanol–water partition coefficient (Wildman–Crippen LogP) is 6.65. The van der Waals surface area contributed by atoms with Gasteiger partial charge in [0, 0.05) is 0 Å². The third kappa shape index (κ3) is 4.07. The van der Waals surface area contributed by atoms with Crippen LogP contribution in [0.2, 0.25) is 0 Å². The molecule has 0 radical (unpaired) electrons. The van der Waals surface area contributed by atoms with Crippen molar-refractivity contribution in [2.45, 2.75) is 0 Å². The van der Waals surface area contributed by atoms with E-state index in [1.165, 1.54) is 0 Å². The minimum absolute atomic E-state index is 0.637. The van der Waals surface area contributed by atoms with Crippen LogP contribution in [0.1, 0.15) is 0 Å². The molecule has 0 spiro atoms. The number of fused-ring (bicyclic) bond motifs is 2. The summed E-state index contributed by atoms with van der Waals surface area (Å²) in [4.78, 5) is 0. The van der Waals surface area contributed by atoms with Crippen molar-refractivity contribution >= 4 is 66.0 Å². The molecule has 0 fully saturated rings. The summed E-state index contributed by atoms with van der Waals surface area (Å²) >= 11 is 3.17. The Morgan fingerprint density at radius 1 is 0.548 bits per heavy atom. The van der Waals surface area contributed by atoms with Gasteiger partial charge in [-0.15, -0.1) is 0 Å². The van der Waals surface area contributed by atoms with E-state index in [1.54, 1.807) is 0 Å². The summed E-state index contributed by atoms with van der Waals surface area (Å²) in [6, 6.07) is 31.9. The van der Waals surface area contributed by atoms with E-state index < -0.39 is 13.9 Å². The molecule has 7 heteroatoms. The molecule has 0 aliphatic carbocycles. The fourth-order valence-corrected chi connectivity index (χ4v) is 10.6. The Morgan fingerprint density at radius 3 is 1.39 bits per heavy atom. The van der Waals surface area contributed by atoms with E-state index >= 15 is 0 Å². The second-order valence-corrected chi connectivity index (χ2v) is 14.7. The molecular weight excluding hydrogens is 581 g/mol. The Labute approximate surface area is 200 Å². The van der Waals surface area contributed by atoms with Crippen LogP contribution >= 0.6 is 31.9 Å². The molecule has 0 unspecified atom stereocenters. The summed E-state index contributed by atoms with van der Waals surface area (Å²) in [6.45, 7) is 0. The molecule has 0 aromatic heterocycles. The molecule has 1 aliphatic rings. The summed E-state index contributed by atoms with van der Waals surface area (Å²) in [7, 11) is 0. The molecule has 0 atom stereocenters. The van der Waals surface area contributed by atoms with E-state index in [0.29, 0.717) is 22.9 Å². The number of hydrogen-bond acceptors (Lipinski definition) is 4. The summed E-state index contributed by atoms with van der Waals surface area (Å²) in [5.74, 6) is 1.27. The van der Waals surface area contributed by atoms with E-state index in [1.807, 2.05) is 72.8 Å². The van der Waals surface area contributed by atoms with E-state index in [0.717, 1.165) is 17.7 Å². The first-order chi connectivity index (χ1) is 15.1. The molecule has 0 bridgehead atoms. The van der Waals surface area contributed by atoms with Crippen LogP contribution in [0.3, 0.4) is 0 Å². The van der Waals surface area contributed by atoms with Crippen LogP contribution in [-0.2, 0) is 0 Å². The number of hydrogen-bond donors (Lipinski definition) is 0. The molecular formula is C24H16Br2GeN2O2. The predicted molar refractivity (Wildman–Crippen MR) is 132 cm³/mol. The van der Waals surface area contributed by atoms with Crippen LogP contribution in [0.5, 0.6) is 11.5 Å². The number of benzene rings is 4. The standard InChI is InChI=1S/C24H16Br2GeN2O2/c25-17-11-13-21-23(15-17)30-27(19-7-3-1-4-8-19,20-9-5-2-6-10-20)31-24-16-18(26)12-14-22(24)29-28-21/h1-16H. The summed E-state index contributed by atoms with van der Waals surface area (Å²) in [6.07, 6.45) is 0. The Hall–Kier alpha value is -2.42. The SMILES string of the molecule is Brc1ccc2c(c1)[O][Ge]([c]1ccccc1)([c]1ccccc1)[O]c1cc(Br)ccc1N=N2. The molecule has 0 saturated carbocycles. The van der Waals surface area contributed by atoms with Gasteiger partial charge in [-0.2, -0.15) is 0 Å². The van der Waals surface area contributed by atoms with Gasteiger partial charge in [-0.1, -0.05) is 0 Å². The van der Waals surface area contributed by atoms with Crippen molar-refractivity contribution in [3.8, 4) is 11.5 Å². The summed E-state index contributed by atoms with van der Waals surface area (Å²) < 4.78 is 17.7. The van der Waals surface area contributed by atoms with Gasteiger partial charge in [-0.3, -0.25) is 0 Å². The summed E-state index contributed by atoms with van der Waals surface area (Å²) in [5.41, 5.74) is 1.31. The van der Waals surface area contributed by atoms with Gasteiger partial charge in [0.25, 0.3) is 0 Å².